The Morgan fingerprint density at radius 3 is 2.38 bits per heavy atom. The first-order valence-electron chi connectivity index (χ1n) is 13.9. The second-order valence-corrected chi connectivity index (χ2v) is 10.4. The van der Waals surface area contributed by atoms with Crippen molar-refractivity contribution in [2.45, 2.75) is 52.1 Å². The SMILES string of the molecule is CC.CCOC(=O)CNP(=O)(OCC(=O)OCc1ccccc1)OCC(OC)C(O)[C@H](O)CC=Nc1c(N)nc(N)nc1OC. The number of ether oxygens (including phenoxy) is 4. The minimum absolute atomic E-state index is 0.00877. The third-order valence-corrected chi connectivity index (χ3v) is 6.96. The van der Waals surface area contributed by atoms with Crippen LogP contribution in [0.25, 0.3) is 0 Å². The molecular formula is C27H43N6O11P. The summed E-state index contributed by atoms with van der Waals surface area (Å²) in [6, 6.07) is 8.84. The average molecular weight is 659 g/mol. The van der Waals surface area contributed by atoms with Gasteiger partial charge < -0.3 is 40.6 Å². The number of aliphatic imine (C=N–C) groups is 1. The molecule has 2 rings (SSSR count). The molecule has 17 nitrogen and oxygen atoms in total. The van der Waals surface area contributed by atoms with Crippen molar-refractivity contribution in [3.8, 4) is 5.88 Å². The molecule has 252 valence electrons. The smallest absolute Gasteiger partial charge is 0.406 e. The predicted octanol–water partition coefficient (Wildman–Crippen LogP) is 1.54. The van der Waals surface area contributed by atoms with Gasteiger partial charge in [0.25, 0.3) is 0 Å². The molecule has 0 fully saturated rings. The fraction of sp³-hybridized carbons (Fsp3) is 0.519. The van der Waals surface area contributed by atoms with Crippen molar-refractivity contribution in [1.82, 2.24) is 15.1 Å². The number of hydrogen-bond acceptors (Lipinski definition) is 16. The summed E-state index contributed by atoms with van der Waals surface area (Å²) >= 11 is 0. The summed E-state index contributed by atoms with van der Waals surface area (Å²) in [4.78, 5) is 35.7. The van der Waals surface area contributed by atoms with Gasteiger partial charge in [-0.15, -0.1) is 0 Å². The highest BCUT2D eigenvalue weighted by molar-refractivity contribution is 7.51. The zero-order valence-electron chi connectivity index (χ0n) is 26.0. The lowest BCUT2D eigenvalue weighted by molar-refractivity contribution is -0.147. The van der Waals surface area contributed by atoms with E-state index in [0.29, 0.717) is 0 Å². The number of nitrogens with one attached hydrogen (secondary N) is 1. The van der Waals surface area contributed by atoms with Crippen molar-refractivity contribution in [1.29, 1.82) is 0 Å². The van der Waals surface area contributed by atoms with E-state index in [2.05, 4.69) is 20.0 Å². The van der Waals surface area contributed by atoms with Crippen molar-refractivity contribution in [3.05, 3.63) is 35.9 Å². The lowest BCUT2D eigenvalue weighted by Crippen LogP contribution is -2.41. The summed E-state index contributed by atoms with van der Waals surface area (Å²) in [5.74, 6) is -1.78. The molecule has 0 spiro atoms. The fourth-order valence-electron chi connectivity index (χ4n) is 3.27. The number of hydrogen-bond donors (Lipinski definition) is 5. The summed E-state index contributed by atoms with van der Waals surface area (Å²) in [6.07, 6.45) is -3.22. The highest BCUT2D eigenvalue weighted by Crippen LogP contribution is 2.43. The van der Waals surface area contributed by atoms with Gasteiger partial charge in [-0.1, -0.05) is 44.2 Å². The number of anilines is 2. The van der Waals surface area contributed by atoms with E-state index in [1.807, 2.05) is 13.8 Å². The molecule has 1 aromatic heterocycles. The van der Waals surface area contributed by atoms with Gasteiger partial charge >= 0.3 is 19.7 Å². The molecule has 1 aromatic carbocycles. The largest absolute Gasteiger partial charge is 0.479 e. The maximum atomic E-state index is 13.3. The molecule has 0 aliphatic carbocycles. The molecule has 0 radical (unpaired) electrons. The Hall–Kier alpha value is -3.70. The van der Waals surface area contributed by atoms with Crippen molar-refractivity contribution < 1.29 is 52.4 Å². The van der Waals surface area contributed by atoms with Crippen molar-refractivity contribution >= 4 is 43.4 Å². The zero-order chi connectivity index (χ0) is 33.8. The van der Waals surface area contributed by atoms with E-state index in [-0.39, 0.29) is 43.0 Å². The number of aliphatic hydroxyl groups excluding tert-OH is 2. The maximum Gasteiger partial charge on any atom is 0.406 e. The van der Waals surface area contributed by atoms with Crippen LogP contribution in [0.5, 0.6) is 5.88 Å². The van der Waals surface area contributed by atoms with E-state index in [1.165, 1.54) is 20.4 Å². The molecule has 7 N–H and O–H groups in total. The topological polar surface area (TPSA) is 249 Å². The van der Waals surface area contributed by atoms with E-state index in [1.54, 1.807) is 37.3 Å². The Labute approximate surface area is 261 Å². The van der Waals surface area contributed by atoms with E-state index < -0.39 is 57.8 Å². The molecule has 0 aliphatic heterocycles. The minimum Gasteiger partial charge on any atom is -0.479 e. The molecule has 0 amide bonds. The summed E-state index contributed by atoms with van der Waals surface area (Å²) in [7, 11) is -1.82. The fourth-order valence-corrected chi connectivity index (χ4v) is 4.47. The summed E-state index contributed by atoms with van der Waals surface area (Å²) in [5, 5.41) is 23.4. The van der Waals surface area contributed by atoms with E-state index in [0.717, 1.165) is 5.56 Å². The van der Waals surface area contributed by atoms with E-state index in [9.17, 15) is 24.4 Å². The van der Waals surface area contributed by atoms with Gasteiger partial charge in [-0.3, -0.25) is 18.8 Å². The molecule has 45 heavy (non-hydrogen) atoms. The highest BCUT2D eigenvalue weighted by atomic mass is 31.2. The van der Waals surface area contributed by atoms with Crippen LogP contribution in [-0.2, 0) is 44.0 Å². The van der Waals surface area contributed by atoms with Crippen LogP contribution in [0.3, 0.4) is 0 Å². The minimum atomic E-state index is -4.37. The van der Waals surface area contributed by atoms with Gasteiger partial charge in [0.1, 0.15) is 25.4 Å². The van der Waals surface area contributed by atoms with Crippen LogP contribution < -0.4 is 21.3 Å². The molecule has 2 aromatic rings. The molecule has 4 atom stereocenters. The van der Waals surface area contributed by atoms with Gasteiger partial charge in [-0.25, -0.2) is 14.4 Å². The van der Waals surface area contributed by atoms with Crippen molar-refractivity contribution in [3.63, 3.8) is 0 Å². The summed E-state index contributed by atoms with van der Waals surface area (Å²) in [5.41, 5.74) is 12.1. The normalized spacial score (nSPS) is 14.4. The molecule has 1 heterocycles. The third-order valence-electron chi connectivity index (χ3n) is 5.46. The number of carbonyl (C=O) groups excluding carboxylic acids is 2. The van der Waals surface area contributed by atoms with Gasteiger partial charge in [-0.05, 0) is 12.5 Å². The number of benzene rings is 1. The monoisotopic (exact) mass is 658 g/mol. The van der Waals surface area contributed by atoms with Crippen molar-refractivity contribution in [2.24, 2.45) is 4.99 Å². The number of aromatic nitrogens is 2. The number of nitrogens with two attached hydrogens (primary N) is 2. The van der Waals surface area contributed by atoms with E-state index >= 15 is 0 Å². The Morgan fingerprint density at radius 2 is 1.76 bits per heavy atom. The van der Waals surface area contributed by atoms with Crippen molar-refractivity contribution in [2.75, 3.05) is 52.1 Å². The standard InChI is InChI=1S/C25H37N6O11P.C2H6/c1-4-39-19(33)12-29-43(36,42-15-20(34)40-13-16-8-6-5-7-9-16)41-14-18(37-2)22(35)17(32)10-11-28-21-23(26)30-25(27)31-24(21)38-3;1-2/h5-9,11,17-18,22,32,35H,4,10,12-15H2,1-3H3,(H,29,36)(H4,26,27,30,31);1-2H3/t17-,18?,22?,43?;/m1./s1. The maximum absolute atomic E-state index is 13.3. The number of rotatable bonds is 19. The summed E-state index contributed by atoms with van der Waals surface area (Å²) in [6.45, 7) is 3.65. The molecular weight excluding hydrogens is 615 g/mol. The van der Waals surface area contributed by atoms with Crippen LogP contribution in [0, 0.1) is 0 Å². The number of methoxy groups -OCH3 is 2. The molecule has 3 unspecified atom stereocenters. The van der Waals surface area contributed by atoms with Crippen LogP contribution in [0.1, 0.15) is 32.8 Å². The summed E-state index contributed by atoms with van der Waals surface area (Å²) < 4.78 is 44.0. The predicted molar refractivity (Wildman–Crippen MR) is 165 cm³/mol. The number of nitrogens with zero attached hydrogens (tertiary/aromatic N) is 3. The lowest BCUT2D eigenvalue weighted by atomic mass is 10.1. The quantitative estimate of drug-likeness (QED) is 0.0815. The Morgan fingerprint density at radius 1 is 1.07 bits per heavy atom. The Kier molecular flexibility index (Phi) is 18.4. The molecule has 0 aliphatic rings. The molecule has 0 saturated carbocycles. The Bertz CT molecular complexity index is 1260. The van der Waals surface area contributed by atoms with E-state index in [4.69, 9.17) is 39.5 Å². The number of carbonyl (C=O) groups is 2. The molecule has 0 bridgehead atoms. The van der Waals surface area contributed by atoms with Gasteiger partial charge in [0.15, 0.2) is 18.1 Å². The van der Waals surface area contributed by atoms with Gasteiger partial charge in [0, 0.05) is 19.7 Å². The zero-order valence-corrected chi connectivity index (χ0v) is 26.8. The third kappa shape index (κ3) is 14.3. The second kappa shape index (κ2) is 21.1. The van der Waals surface area contributed by atoms with Gasteiger partial charge in [0.05, 0.1) is 26.4 Å². The van der Waals surface area contributed by atoms with Crippen LogP contribution in [0.4, 0.5) is 17.5 Å². The van der Waals surface area contributed by atoms with Crippen LogP contribution >= 0.6 is 7.75 Å². The van der Waals surface area contributed by atoms with Gasteiger partial charge in [-0.2, -0.15) is 9.97 Å². The van der Waals surface area contributed by atoms with Crippen LogP contribution in [0.2, 0.25) is 0 Å². The molecule has 0 saturated heterocycles. The van der Waals surface area contributed by atoms with Crippen LogP contribution in [-0.4, -0.2) is 97.2 Å². The first-order valence-corrected chi connectivity index (χ1v) is 15.4. The second-order valence-electron chi connectivity index (χ2n) is 8.56. The first-order chi connectivity index (χ1) is 21.5. The highest BCUT2D eigenvalue weighted by Gasteiger charge is 2.33. The number of nitrogen functional groups attached to an aromatic ring is 2. The molecule has 18 heteroatoms. The number of esters is 2. The Balaban J connectivity index is 0.00000496. The average Bonchev–Trinajstić information content (AvgIpc) is 3.04. The first kappa shape index (κ1) is 39.3. The number of aliphatic hydroxyl groups is 2. The van der Waals surface area contributed by atoms with Gasteiger partial charge in [0.2, 0.25) is 11.8 Å². The van der Waals surface area contributed by atoms with Crippen LogP contribution in [0.15, 0.2) is 35.3 Å². The lowest BCUT2D eigenvalue weighted by Gasteiger charge is -2.27.